The van der Waals surface area contributed by atoms with Crippen LogP contribution in [0.1, 0.15) is 37.0 Å². The first-order valence-electron chi connectivity index (χ1n) is 7.11. The Hall–Kier alpha value is -2.51. The van der Waals surface area contributed by atoms with Crippen LogP contribution in [-0.2, 0) is 11.8 Å². The highest BCUT2D eigenvalue weighted by molar-refractivity contribution is 6.03. The number of aromatic nitrogens is 4. The van der Waals surface area contributed by atoms with Gasteiger partial charge in [-0.3, -0.25) is 9.59 Å². The summed E-state index contributed by atoms with van der Waals surface area (Å²) >= 11 is 0. The molecule has 0 aliphatic heterocycles. The van der Waals surface area contributed by atoms with Crippen molar-refractivity contribution in [3.05, 3.63) is 17.8 Å². The maximum Gasteiger partial charge on any atom is 0.311 e. The highest BCUT2D eigenvalue weighted by Crippen LogP contribution is 2.26. The molecule has 8 heteroatoms. The summed E-state index contributed by atoms with van der Waals surface area (Å²) in [5.74, 6) is -1.28. The van der Waals surface area contributed by atoms with Crippen molar-refractivity contribution in [2.24, 2.45) is 12.5 Å². The van der Waals surface area contributed by atoms with Crippen LogP contribution in [0.3, 0.4) is 0 Å². The van der Waals surface area contributed by atoms with E-state index < -0.39 is 11.4 Å². The van der Waals surface area contributed by atoms with Gasteiger partial charge in [-0.1, -0.05) is 19.1 Å². The van der Waals surface area contributed by atoms with Gasteiger partial charge in [-0.2, -0.15) is 0 Å². The Bertz CT molecular complexity index is 706. The van der Waals surface area contributed by atoms with E-state index in [0.717, 1.165) is 0 Å². The molecule has 0 radical (unpaired) electrons. The number of carboxylic acids is 1. The average molecular weight is 305 g/mol. The summed E-state index contributed by atoms with van der Waals surface area (Å²) in [6.45, 7) is 3.67. The second-order valence-electron chi connectivity index (χ2n) is 5.22. The van der Waals surface area contributed by atoms with E-state index in [2.05, 4.69) is 20.6 Å². The van der Waals surface area contributed by atoms with Gasteiger partial charge >= 0.3 is 5.97 Å². The number of hydrogen-bond acceptors (Lipinski definition) is 5. The van der Waals surface area contributed by atoms with Crippen LogP contribution in [0.15, 0.2) is 12.3 Å². The first-order chi connectivity index (χ1) is 10.4. The Morgan fingerprint density at radius 3 is 2.64 bits per heavy atom. The smallest absolute Gasteiger partial charge is 0.311 e. The fraction of sp³-hybridized carbons (Fsp3) is 0.500. The molecule has 1 amide bonds. The van der Waals surface area contributed by atoms with Crippen molar-refractivity contribution in [2.75, 3.05) is 6.54 Å². The van der Waals surface area contributed by atoms with Crippen LogP contribution in [0.4, 0.5) is 0 Å². The van der Waals surface area contributed by atoms with Crippen molar-refractivity contribution >= 4 is 23.0 Å². The summed E-state index contributed by atoms with van der Waals surface area (Å²) in [4.78, 5) is 27.9. The lowest BCUT2D eigenvalue weighted by Crippen LogP contribution is -2.42. The van der Waals surface area contributed by atoms with E-state index in [1.165, 1.54) is 10.9 Å². The summed E-state index contributed by atoms with van der Waals surface area (Å²) in [5.41, 5.74) is 0.286. The topological polar surface area (TPSA) is 110 Å². The third-order valence-electron chi connectivity index (χ3n) is 4.13. The zero-order valence-electron chi connectivity index (χ0n) is 12.8. The summed E-state index contributed by atoms with van der Waals surface area (Å²) in [6, 6.07) is 1.55. The molecular weight excluding hydrogens is 286 g/mol. The van der Waals surface area contributed by atoms with Crippen LogP contribution in [0.2, 0.25) is 0 Å². The third-order valence-corrected chi connectivity index (χ3v) is 4.13. The summed E-state index contributed by atoms with van der Waals surface area (Å²) < 4.78 is 1.48. The van der Waals surface area contributed by atoms with Gasteiger partial charge in [0.15, 0.2) is 5.65 Å². The van der Waals surface area contributed by atoms with Crippen LogP contribution in [0.25, 0.3) is 11.2 Å². The van der Waals surface area contributed by atoms with Gasteiger partial charge in [-0.25, -0.2) is 9.67 Å². The Kier molecular flexibility index (Phi) is 4.39. The van der Waals surface area contributed by atoms with E-state index in [9.17, 15) is 14.7 Å². The summed E-state index contributed by atoms with van der Waals surface area (Å²) in [5, 5.41) is 19.9. The van der Waals surface area contributed by atoms with E-state index in [0.29, 0.717) is 29.6 Å². The summed E-state index contributed by atoms with van der Waals surface area (Å²) in [6.07, 6.45) is 2.39. The fourth-order valence-corrected chi connectivity index (χ4v) is 2.34. The zero-order chi connectivity index (χ0) is 16.3. The van der Waals surface area contributed by atoms with Crippen LogP contribution in [0.5, 0.6) is 0 Å². The lowest BCUT2D eigenvalue weighted by atomic mass is 9.82. The molecule has 2 heterocycles. The molecular formula is C14H19N5O3. The third kappa shape index (κ3) is 2.63. The second-order valence-corrected chi connectivity index (χ2v) is 5.22. The normalized spacial score (nSPS) is 11.6. The molecule has 2 aromatic heterocycles. The number of nitrogens with one attached hydrogen (secondary N) is 1. The predicted octanol–water partition coefficient (Wildman–Crippen LogP) is 0.984. The van der Waals surface area contributed by atoms with Crippen molar-refractivity contribution in [3.63, 3.8) is 0 Å². The van der Waals surface area contributed by atoms with Gasteiger partial charge in [0, 0.05) is 19.8 Å². The number of rotatable bonds is 6. The van der Waals surface area contributed by atoms with E-state index in [-0.39, 0.29) is 12.5 Å². The Morgan fingerprint density at radius 1 is 1.36 bits per heavy atom. The largest absolute Gasteiger partial charge is 0.481 e. The molecule has 0 aromatic carbocycles. The average Bonchev–Trinajstić information content (AvgIpc) is 2.90. The number of aliphatic carboxylic acids is 1. The molecule has 0 spiro atoms. The molecule has 0 aliphatic carbocycles. The van der Waals surface area contributed by atoms with Gasteiger partial charge < -0.3 is 10.4 Å². The Labute approximate surface area is 127 Å². The van der Waals surface area contributed by atoms with Gasteiger partial charge in [0.05, 0.1) is 11.0 Å². The fourth-order valence-electron chi connectivity index (χ4n) is 2.34. The number of pyridine rings is 1. The van der Waals surface area contributed by atoms with Crippen molar-refractivity contribution in [1.29, 1.82) is 0 Å². The molecule has 0 unspecified atom stereocenters. The number of fused-ring (bicyclic) bond motifs is 1. The molecule has 0 saturated heterocycles. The lowest BCUT2D eigenvalue weighted by molar-refractivity contribution is -0.149. The van der Waals surface area contributed by atoms with Gasteiger partial charge in [-0.05, 0) is 18.9 Å². The summed E-state index contributed by atoms with van der Waals surface area (Å²) in [7, 11) is 1.69. The minimum Gasteiger partial charge on any atom is -0.481 e. The molecule has 118 valence electrons. The number of carbonyl (C=O) groups excluding carboxylic acids is 1. The monoisotopic (exact) mass is 305 g/mol. The molecule has 0 saturated carbocycles. The quantitative estimate of drug-likeness (QED) is 0.823. The maximum absolute atomic E-state index is 12.4. The van der Waals surface area contributed by atoms with Crippen LogP contribution < -0.4 is 5.32 Å². The molecule has 2 aromatic rings. The zero-order valence-corrected chi connectivity index (χ0v) is 12.8. The predicted molar refractivity (Wildman–Crippen MR) is 79.3 cm³/mol. The maximum atomic E-state index is 12.4. The minimum absolute atomic E-state index is 0.0677. The second kappa shape index (κ2) is 6.08. The minimum atomic E-state index is -0.954. The van der Waals surface area contributed by atoms with E-state index in [1.54, 1.807) is 27.0 Å². The highest BCUT2D eigenvalue weighted by atomic mass is 16.4. The van der Waals surface area contributed by atoms with Crippen LogP contribution in [-0.4, -0.2) is 43.5 Å². The van der Waals surface area contributed by atoms with E-state index in [1.807, 2.05) is 0 Å². The SMILES string of the molecule is CCC(CC)(CNC(=O)c1ccnc2c1nnn2C)C(=O)O. The first-order valence-corrected chi connectivity index (χ1v) is 7.11. The lowest BCUT2D eigenvalue weighted by Gasteiger charge is -2.26. The van der Waals surface area contributed by atoms with Crippen molar-refractivity contribution in [3.8, 4) is 0 Å². The molecule has 0 bridgehead atoms. The number of hydrogen-bond donors (Lipinski definition) is 2. The number of carboxylic acid groups (broad SMARTS) is 1. The molecule has 0 aliphatic rings. The molecule has 8 nitrogen and oxygen atoms in total. The standard InChI is InChI=1S/C14H19N5O3/c1-4-14(5-2,13(21)22)8-16-12(20)9-6-7-15-11-10(9)17-18-19(11)3/h6-7H,4-5,8H2,1-3H3,(H,16,20)(H,21,22). The number of nitrogens with zero attached hydrogens (tertiary/aromatic N) is 4. The Balaban J connectivity index is 2.23. The van der Waals surface area contributed by atoms with Crippen molar-refractivity contribution in [2.45, 2.75) is 26.7 Å². The number of aryl methyl sites for hydroxylation is 1. The van der Waals surface area contributed by atoms with Gasteiger partial charge in [0.25, 0.3) is 5.91 Å². The van der Waals surface area contributed by atoms with Crippen LogP contribution in [0, 0.1) is 5.41 Å². The molecule has 22 heavy (non-hydrogen) atoms. The number of carbonyl (C=O) groups is 2. The van der Waals surface area contributed by atoms with E-state index >= 15 is 0 Å². The molecule has 2 N–H and O–H groups in total. The van der Waals surface area contributed by atoms with Crippen molar-refractivity contribution in [1.82, 2.24) is 25.3 Å². The number of amides is 1. The van der Waals surface area contributed by atoms with Gasteiger partial charge in [0.2, 0.25) is 0 Å². The van der Waals surface area contributed by atoms with E-state index in [4.69, 9.17) is 0 Å². The molecule has 0 fully saturated rings. The first kappa shape index (κ1) is 15.9. The molecule has 2 rings (SSSR count). The highest BCUT2D eigenvalue weighted by Gasteiger charge is 2.35. The Morgan fingerprint density at radius 2 is 2.05 bits per heavy atom. The molecule has 0 atom stereocenters. The van der Waals surface area contributed by atoms with Gasteiger partial charge in [-0.15, -0.1) is 5.10 Å². The van der Waals surface area contributed by atoms with Gasteiger partial charge in [0.1, 0.15) is 5.52 Å². The van der Waals surface area contributed by atoms with Crippen LogP contribution >= 0.6 is 0 Å². The van der Waals surface area contributed by atoms with Crippen molar-refractivity contribution < 1.29 is 14.7 Å².